The summed E-state index contributed by atoms with van der Waals surface area (Å²) >= 11 is 3.47. The molecule has 17 heavy (non-hydrogen) atoms. The topological polar surface area (TPSA) is 36.3 Å². The average molecular weight is 297 g/mol. The summed E-state index contributed by atoms with van der Waals surface area (Å²) in [6.45, 7) is 1.82. The maximum Gasteiger partial charge on any atom is 0.133 e. The van der Waals surface area contributed by atoms with Gasteiger partial charge in [-0.2, -0.15) is 5.26 Å². The van der Waals surface area contributed by atoms with E-state index >= 15 is 0 Å². The molecule has 4 heteroatoms. The fourth-order valence-corrected chi connectivity index (χ4v) is 2.22. The number of halogens is 1. The van der Waals surface area contributed by atoms with Gasteiger partial charge in [0.2, 0.25) is 0 Å². The molecule has 0 aliphatic rings. The lowest BCUT2D eigenvalue weighted by Crippen LogP contribution is -2.18. The lowest BCUT2D eigenvalue weighted by atomic mass is 10.2. The Morgan fingerprint density at radius 3 is 2.82 bits per heavy atom. The lowest BCUT2D eigenvalue weighted by Gasteiger charge is -2.16. The Balaban J connectivity index is 2.51. The van der Waals surface area contributed by atoms with E-state index < -0.39 is 0 Å². The number of unbranched alkanes of at least 4 members (excludes halogenated alkanes) is 1. The van der Waals surface area contributed by atoms with Gasteiger partial charge in [0.1, 0.15) is 5.75 Å². The normalized spacial score (nSPS) is 10.3. The van der Waals surface area contributed by atoms with Crippen LogP contribution in [-0.4, -0.2) is 25.6 Å². The van der Waals surface area contributed by atoms with Crippen LogP contribution in [0.2, 0.25) is 0 Å². The van der Waals surface area contributed by atoms with Gasteiger partial charge in [-0.25, -0.2) is 0 Å². The number of benzene rings is 1. The van der Waals surface area contributed by atoms with Crippen molar-refractivity contribution in [1.29, 1.82) is 5.26 Å². The number of methoxy groups -OCH3 is 1. The third kappa shape index (κ3) is 4.76. The Hall–Kier alpha value is -1.05. The molecule has 1 rings (SSSR count). The number of hydrogen-bond acceptors (Lipinski definition) is 3. The third-order valence-corrected chi connectivity index (χ3v) is 3.12. The van der Waals surface area contributed by atoms with E-state index in [0.29, 0.717) is 6.42 Å². The van der Waals surface area contributed by atoms with Gasteiger partial charge in [0, 0.05) is 13.0 Å². The first-order valence-electron chi connectivity index (χ1n) is 5.55. The Bertz CT molecular complexity index is 401. The van der Waals surface area contributed by atoms with Crippen LogP contribution in [0.25, 0.3) is 0 Å². The molecular weight excluding hydrogens is 280 g/mol. The highest BCUT2D eigenvalue weighted by molar-refractivity contribution is 9.10. The molecule has 3 nitrogen and oxygen atoms in total. The second-order valence-electron chi connectivity index (χ2n) is 3.97. The van der Waals surface area contributed by atoms with E-state index in [1.807, 2.05) is 6.07 Å². The maximum absolute atomic E-state index is 8.47. The van der Waals surface area contributed by atoms with Crippen LogP contribution in [0, 0.1) is 11.3 Å². The standard InChI is InChI=1S/C13H17BrN2O/c1-16(8-4-3-7-15)10-11-5-6-13(17-2)12(14)9-11/h5-6,9H,3-4,8,10H2,1-2H3. The SMILES string of the molecule is COc1ccc(CN(C)CCCC#N)cc1Br. The van der Waals surface area contributed by atoms with Gasteiger partial charge in [-0.05, 0) is 53.6 Å². The van der Waals surface area contributed by atoms with Crippen molar-refractivity contribution >= 4 is 15.9 Å². The molecule has 92 valence electrons. The summed E-state index contributed by atoms with van der Waals surface area (Å²) in [5.41, 5.74) is 1.23. The van der Waals surface area contributed by atoms with Crippen LogP contribution in [0.4, 0.5) is 0 Å². The zero-order valence-electron chi connectivity index (χ0n) is 10.2. The first-order chi connectivity index (χ1) is 8.17. The number of nitriles is 1. The zero-order valence-corrected chi connectivity index (χ0v) is 11.8. The molecule has 0 bridgehead atoms. The van der Waals surface area contributed by atoms with Gasteiger partial charge in [0.15, 0.2) is 0 Å². The smallest absolute Gasteiger partial charge is 0.133 e. The fraction of sp³-hybridized carbons (Fsp3) is 0.462. The van der Waals surface area contributed by atoms with Gasteiger partial charge in [-0.15, -0.1) is 0 Å². The van der Waals surface area contributed by atoms with Gasteiger partial charge in [-0.3, -0.25) is 0 Å². The molecule has 0 atom stereocenters. The first-order valence-corrected chi connectivity index (χ1v) is 6.34. The summed E-state index contributed by atoms with van der Waals surface area (Å²) in [6, 6.07) is 8.25. The van der Waals surface area contributed by atoms with E-state index in [2.05, 4.69) is 46.1 Å². The van der Waals surface area contributed by atoms with Crippen LogP contribution in [0.1, 0.15) is 18.4 Å². The first kappa shape index (κ1) is 14.0. The summed E-state index contributed by atoms with van der Waals surface area (Å²) in [7, 11) is 3.73. The maximum atomic E-state index is 8.47. The number of rotatable bonds is 6. The van der Waals surface area contributed by atoms with Crippen molar-refractivity contribution in [2.45, 2.75) is 19.4 Å². The molecule has 0 saturated heterocycles. The van der Waals surface area contributed by atoms with Gasteiger partial charge >= 0.3 is 0 Å². The highest BCUT2D eigenvalue weighted by Crippen LogP contribution is 2.25. The van der Waals surface area contributed by atoms with Crippen LogP contribution in [-0.2, 0) is 6.54 Å². The summed E-state index contributed by atoms with van der Waals surface area (Å²) in [5.74, 6) is 0.848. The third-order valence-electron chi connectivity index (χ3n) is 2.50. The van der Waals surface area contributed by atoms with Crippen LogP contribution in [0.15, 0.2) is 22.7 Å². The quantitative estimate of drug-likeness (QED) is 0.757. The predicted molar refractivity (Wildman–Crippen MR) is 71.9 cm³/mol. The van der Waals surface area contributed by atoms with Crippen LogP contribution < -0.4 is 4.74 Å². The van der Waals surface area contributed by atoms with Gasteiger partial charge < -0.3 is 9.64 Å². The molecule has 1 aromatic carbocycles. The second-order valence-corrected chi connectivity index (χ2v) is 4.82. The van der Waals surface area contributed by atoms with Crippen LogP contribution in [0.3, 0.4) is 0 Å². The van der Waals surface area contributed by atoms with E-state index in [-0.39, 0.29) is 0 Å². The van der Waals surface area contributed by atoms with Crippen molar-refractivity contribution < 1.29 is 4.74 Å². The molecule has 0 amide bonds. The Morgan fingerprint density at radius 2 is 2.24 bits per heavy atom. The molecule has 0 unspecified atom stereocenters. The largest absolute Gasteiger partial charge is 0.496 e. The van der Waals surface area contributed by atoms with Crippen molar-refractivity contribution in [2.24, 2.45) is 0 Å². The molecule has 1 aromatic rings. The Labute approximate surface area is 111 Å². The molecule has 0 spiro atoms. The molecule has 0 N–H and O–H groups in total. The molecule has 0 heterocycles. The van der Waals surface area contributed by atoms with Gasteiger partial charge in [0.05, 0.1) is 17.7 Å². The molecule has 0 saturated carbocycles. The number of nitrogens with zero attached hydrogens (tertiary/aromatic N) is 2. The molecule has 0 radical (unpaired) electrons. The molecule has 0 aliphatic heterocycles. The summed E-state index contributed by atoms with van der Waals surface area (Å²) < 4.78 is 6.16. The molecule has 0 aromatic heterocycles. The van der Waals surface area contributed by atoms with E-state index in [1.54, 1.807) is 7.11 Å². The zero-order chi connectivity index (χ0) is 12.7. The number of ether oxygens (including phenoxy) is 1. The summed E-state index contributed by atoms with van der Waals surface area (Å²) in [6.07, 6.45) is 1.54. The molecular formula is C13H17BrN2O. The Kier molecular flexibility index (Phi) is 6.03. The fourth-order valence-electron chi connectivity index (χ4n) is 1.63. The van der Waals surface area contributed by atoms with E-state index in [1.165, 1.54) is 5.56 Å². The monoisotopic (exact) mass is 296 g/mol. The van der Waals surface area contributed by atoms with Crippen molar-refractivity contribution in [3.63, 3.8) is 0 Å². The summed E-state index contributed by atoms with van der Waals surface area (Å²) in [5, 5.41) is 8.47. The minimum absolute atomic E-state index is 0.622. The molecule has 0 aliphatic carbocycles. The highest BCUT2D eigenvalue weighted by Gasteiger charge is 2.04. The van der Waals surface area contributed by atoms with E-state index in [9.17, 15) is 0 Å². The summed E-state index contributed by atoms with van der Waals surface area (Å²) in [4.78, 5) is 2.21. The van der Waals surface area contributed by atoms with Gasteiger partial charge in [0.25, 0.3) is 0 Å². The van der Waals surface area contributed by atoms with Crippen LogP contribution >= 0.6 is 15.9 Å². The predicted octanol–water partition coefficient (Wildman–Crippen LogP) is 3.19. The Morgan fingerprint density at radius 1 is 1.47 bits per heavy atom. The highest BCUT2D eigenvalue weighted by atomic mass is 79.9. The van der Waals surface area contributed by atoms with Crippen molar-refractivity contribution in [1.82, 2.24) is 4.90 Å². The van der Waals surface area contributed by atoms with E-state index in [0.717, 1.165) is 29.7 Å². The van der Waals surface area contributed by atoms with Crippen molar-refractivity contribution in [3.05, 3.63) is 28.2 Å². The minimum Gasteiger partial charge on any atom is -0.496 e. The van der Waals surface area contributed by atoms with Crippen molar-refractivity contribution in [3.8, 4) is 11.8 Å². The van der Waals surface area contributed by atoms with E-state index in [4.69, 9.17) is 10.00 Å². The van der Waals surface area contributed by atoms with Crippen molar-refractivity contribution in [2.75, 3.05) is 20.7 Å². The molecule has 0 fully saturated rings. The van der Waals surface area contributed by atoms with Crippen LogP contribution in [0.5, 0.6) is 5.75 Å². The van der Waals surface area contributed by atoms with Gasteiger partial charge in [-0.1, -0.05) is 6.07 Å². The lowest BCUT2D eigenvalue weighted by molar-refractivity contribution is 0.323. The minimum atomic E-state index is 0.622. The number of hydrogen-bond donors (Lipinski definition) is 0. The average Bonchev–Trinajstić information content (AvgIpc) is 2.29. The second kappa shape index (κ2) is 7.31.